The first-order valence-electron chi connectivity index (χ1n) is 9.53. The molecule has 0 radical (unpaired) electrons. The first kappa shape index (κ1) is 21.1. The molecule has 1 aliphatic heterocycles. The van der Waals surface area contributed by atoms with Crippen molar-refractivity contribution in [2.75, 3.05) is 7.05 Å². The molecule has 29 heavy (non-hydrogen) atoms. The zero-order chi connectivity index (χ0) is 21.4. The predicted molar refractivity (Wildman–Crippen MR) is 98.2 cm³/mol. The molecule has 0 aromatic heterocycles. The summed E-state index contributed by atoms with van der Waals surface area (Å²) in [5, 5.41) is 5.21. The number of alkyl halides is 3. The zero-order valence-electron chi connectivity index (χ0n) is 16.3. The number of hydrogen-bond donors (Lipinski definition) is 2. The van der Waals surface area contributed by atoms with Crippen molar-refractivity contribution in [1.82, 2.24) is 15.5 Å². The third-order valence-corrected chi connectivity index (χ3v) is 5.84. The van der Waals surface area contributed by atoms with Crippen molar-refractivity contribution in [2.45, 2.75) is 51.0 Å². The molecule has 0 saturated heterocycles. The summed E-state index contributed by atoms with van der Waals surface area (Å²) in [6, 6.07) is 3.51. The van der Waals surface area contributed by atoms with Gasteiger partial charge in [0.05, 0.1) is 5.56 Å². The lowest BCUT2D eigenvalue weighted by Crippen LogP contribution is -2.59. The van der Waals surface area contributed by atoms with Crippen LogP contribution in [0.3, 0.4) is 0 Å². The monoisotopic (exact) mass is 411 g/mol. The first-order chi connectivity index (χ1) is 13.6. The topological polar surface area (TPSA) is 78.5 Å². The van der Waals surface area contributed by atoms with Crippen LogP contribution in [0.2, 0.25) is 0 Å². The van der Waals surface area contributed by atoms with E-state index in [0.717, 1.165) is 25.0 Å². The summed E-state index contributed by atoms with van der Waals surface area (Å²) in [6.45, 7) is 2.01. The molecule has 9 heteroatoms. The van der Waals surface area contributed by atoms with Crippen LogP contribution in [0, 0.1) is 11.8 Å². The highest BCUT2D eigenvalue weighted by molar-refractivity contribution is 5.90. The van der Waals surface area contributed by atoms with E-state index in [4.69, 9.17) is 0 Å². The minimum Gasteiger partial charge on any atom is -0.357 e. The maximum atomic E-state index is 13.0. The molecule has 1 aromatic rings. The Labute approximate surface area is 166 Å². The molecular weight excluding hydrogens is 387 g/mol. The van der Waals surface area contributed by atoms with E-state index in [1.165, 1.54) is 18.0 Å². The average Bonchev–Trinajstić information content (AvgIpc) is 3.44. The second-order valence-corrected chi connectivity index (χ2v) is 7.87. The van der Waals surface area contributed by atoms with Gasteiger partial charge >= 0.3 is 6.18 Å². The number of fused-ring (bicyclic) bond motifs is 1. The Hall–Kier alpha value is -2.58. The van der Waals surface area contributed by atoms with Gasteiger partial charge in [0.15, 0.2) is 0 Å². The molecule has 1 saturated carbocycles. The van der Waals surface area contributed by atoms with Gasteiger partial charge in [-0.3, -0.25) is 14.4 Å². The van der Waals surface area contributed by atoms with E-state index in [1.54, 1.807) is 6.92 Å². The molecule has 1 aliphatic carbocycles. The Morgan fingerprint density at radius 1 is 1.24 bits per heavy atom. The third kappa shape index (κ3) is 4.09. The summed E-state index contributed by atoms with van der Waals surface area (Å²) in [4.78, 5) is 38.2. The summed E-state index contributed by atoms with van der Waals surface area (Å²) in [5.74, 6) is -1.22. The van der Waals surface area contributed by atoms with Crippen LogP contribution in [0.15, 0.2) is 18.2 Å². The maximum absolute atomic E-state index is 13.0. The molecule has 2 aliphatic rings. The van der Waals surface area contributed by atoms with Crippen molar-refractivity contribution in [3.05, 3.63) is 34.9 Å². The highest BCUT2D eigenvalue weighted by Gasteiger charge is 2.52. The van der Waals surface area contributed by atoms with E-state index >= 15 is 0 Å². The number of hydrogen-bond acceptors (Lipinski definition) is 3. The second kappa shape index (κ2) is 7.68. The fourth-order valence-electron chi connectivity index (χ4n) is 4.20. The maximum Gasteiger partial charge on any atom is 0.416 e. The Morgan fingerprint density at radius 3 is 2.45 bits per heavy atom. The van der Waals surface area contributed by atoms with Gasteiger partial charge in [0.1, 0.15) is 5.54 Å². The van der Waals surface area contributed by atoms with Gasteiger partial charge in [0.25, 0.3) is 0 Å². The van der Waals surface area contributed by atoms with Crippen LogP contribution in [0.5, 0.6) is 0 Å². The number of carbonyl (C=O) groups is 3. The average molecular weight is 411 g/mol. The normalized spacial score (nSPS) is 19.1. The van der Waals surface area contributed by atoms with Crippen LogP contribution in [0.4, 0.5) is 13.2 Å². The molecular formula is C20H24F3N3O3. The number of carbonyl (C=O) groups excluding carboxylic acids is 3. The lowest BCUT2D eigenvalue weighted by Gasteiger charge is -2.34. The fraction of sp³-hybridized carbons (Fsp3) is 0.550. The molecule has 6 nitrogen and oxygen atoms in total. The minimum atomic E-state index is -4.43. The number of rotatable bonds is 7. The third-order valence-electron chi connectivity index (χ3n) is 5.84. The van der Waals surface area contributed by atoms with Crippen molar-refractivity contribution in [2.24, 2.45) is 11.8 Å². The van der Waals surface area contributed by atoms with E-state index < -0.39 is 23.2 Å². The highest BCUT2D eigenvalue weighted by Crippen LogP contribution is 2.43. The van der Waals surface area contributed by atoms with Crippen LogP contribution in [0.1, 0.15) is 42.9 Å². The summed E-state index contributed by atoms with van der Waals surface area (Å²) in [7, 11) is 1.48. The van der Waals surface area contributed by atoms with Gasteiger partial charge in [-0.25, -0.2) is 0 Å². The molecule has 158 valence electrons. The van der Waals surface area contributed by atoms with Crippen LogP contribution < -0.4 is 10.6 Å². The Bertz CT molecular complexity index is 823. The molecule has 2 unspecified atom stereocenters. The molecule has 3 rings (SSSR count). The molecule has 2 N–H and O–H groups in total. The quantitative estimate of drug-likeness (QED) is 0.676. The van der Waals surface area contributed by atoms with Gasteiger partial charge in [-0.15, -0.1) is 0 Å². The van der Waals surface area contributed by atoms with Crippen molar-refractivity contribution >= 4 is 18.2 Å². The molecule has 0 spiro atoms. The minimum absolute atomic E-state index is 0.0342. The van der Waals surface area contributed by atoms with Gasteiger partial charge < -0.3 is 15.5 Å². The lowest BCUT2D eigenvalue weighted by atomic mass is 9.82. The van der Waals surface area contributed by atoms with Crippen LogP contribution in [-0.2, 0) is 33.6 Å². The van der Waals surface area contributed by atoms with Crippen LogP contribution in [-0.4, -0.2) is 35.7 Å². The molecule has 0 bridgehead atoms. The van der Waals surface area contributed by atoms with Gasteiger partial charge in [0, 0.05) is 26.1 Å². The van der Waals surface area contributed by atoms with Crippen molar-refractivity contribution in [3.8, 4) is 0 Å². The number of likely N-dealkylation sites (N-methyl/N-ethyl adjacent to an activating group) is 1. The zero-order valence-corrected chi connectivity index (χ0v) is 16.3. The fourth-order valence-corrected chi connectivity index (χ4v) is 4.20. The Kier molecular flexibility index (Phi) is 5.60. The van der Waals surface area contributed by atoms with E-state index in [1.807, 2.05) is 0 Å². The Balaban J connectivity index is 1.74. The number of benzene rings is 1. The van der Waals surface area contributed by atoms with E-state index in [2.05, 4.69) is 10.6 Å². The SMILES string of the molecule is CNC(=O)C(CC(C)C(=O)N1Cc2ccc(C(F)(F)F)cc2C1)(NC=O)C1CC1. The first-order valence-corrected chi connectivity index (χ1v) is 9.53. The second-order valence-electron chi connectivity index (χ2n) is 7.87. The number of halogens is 3. The van der Waals surface area contributed by atoms with Gasteiger partial charge in [-0.1, -0.05) is 13.0 Å². The molecule has 1 aromatic carbocycles. The number of nitrogens with zero attached hydrogens (tertiary/aromatic N) is 1. The lowest BCUT2D eigenvalue weighted by molar-refractivity contribution is -0.139. The summed E-state index contributed by atoms with van der Waals surface area (Å²) in [5.41, 5.74) is -0.724. The van der Waals surface area contributed by atoms with E-state index in [-0.39, 0.29) is 37.2 Å². The summed E-state index contributed by atoms with van der Waals surface area (Å²) < 4.78 is 38.8. The summed E-state index contributed by atoms with van der Waals surface area (Å²) >= 11 is 0. The van der Waals surface area contributed by atoms with Crippen molar-refractivity contribution in [3.63, 3.8) is 0 Å². The van der Waals surface area contributed by atoms with Gasteiger partial charge in [-0.2, -0.15) is 13.2 Å². The predicted octanol–water partition coefficient (Wildman–Crippen LogP) is 2.21. The number of nitrogens with one attached hydrogen (secondary N) is 2. The molecule has 3 amide bonds. The van der Waals surface area contributed by atoms with Crippen molar-refractivity contribution in [1.29, 1.82) is 0 Å². The van der Waals surface area contributed by atoms with Crippen LogP contribution >= 0.6 is 0 Å². The molecule has 1 fully saturated rings. The molecule has 2 atom stereocenters. The largest absolute Gasteiger partial charge is 0.416 e. The Morgan fingerprint density at radius 2 is 1.90 bits per heavy atom. The van der Waals surface area contributed by atoms with Crippen molar-refractivity contribution < 1.29 is 27.6 Å². The number of amides is 3. The summed E-state index contributed by atoms with van der Waals surface area (Å²) in [6.07, 6.45) is -2.25. The van der Waals surface area contributed by atoms with Gasteiger partial charge in [-0.05, 0) is 48.4 Å². The van der Waals surface area contributed by atoms with Gasteiger partial charge in [0.2, 0.25) is 18.2 Å². The van der Waals surface area contributed by atoms with E-state index in [0.29, 0.717) is 17.5 Å². The molecule has 1 heterocycles. The standard InChI is InChI=1S/C20H24F3N3O3/c1-12(8-19(25-11-27,15-5-6-15)18(29)24-2)17(28)26-9-13-3-4-16(20(21,22)23)7-14(13)10-26/h3-4,7,11-12,15H,5-6,8-10H2,1-2H3,(H,24,29)(H,25,27). The smallest absolute Gasteiger partial charge is 0.357 e. The van der Waals surface area contributed by atoms with Crippen LogP contribution in [0.25, 0.3) is 0 Å². The van der Waals surface area contributed by atoms with E-state index in [9.17, 15) is 27.6 Å². The highest BCUT2D eigenvalue weighted by atomic mass is 19.4.